The lowest BCUT2D eigenvalue weighted by Crippen LogP contribution is -2.53. The fourth-order valence-electron chi connectivity index (χ4n) is 2.00. The van der Waals surface area contributed by atoms with Gasteiger partial charge in [0.2, 0.25) is 0 Å². The Morgan fingerprint density at radius 1 is 1.47 bits per heavy atom. The number of halogens is 3. The summed E-state index contributed by atoms with van der Waals surface area (Å²) in [6, 6.07) is 3.97. The summed E-state index contributed by atoms with van der Waals surface area (Å²) in [6.07, 6.45) is 1.50. The maximum Gasteiger partial charge on any atom is 0.251 e. The second-order valence-electron chi connectivity index (χ2n) is 4.61. The number of alkyl halides is 1. The number of rotatable bonds is 3. The summed E-state index contributed by atoms with van der Waals surface area (Å²) < 4.78 is 18.4. The minimum Gasteiger partial charge on any atom is -0.381 e. The molecule has 0 unspecified atom stereocenters. The van der Waals surface area contributed by atoms with Gasteiger partial charge in [-0.25, -0.2) is 4.39 Å². The van der Waals surface area contributed by atoms with Crippen LogP contribution in [0.4, 0.5) is 4.39 Å². The van der Waals surface area contributed by atoms with Crippen LogP contribution in [-0.2, 0) is 4.74 Å². The Hall–Kier alpha value is -0.650. The fourth-order valence-corrected chi connectivity index (χ4v) is 2.89. The van der Waals surface area contributed by atoms with Crippen LogP contribution in [0.1, 0.15) is 23.2 Å². The Kier molecular flexibility index (Phi) is 4.81. The number of ether oxygens (including phenoxy) is 1. The molecule has 1 aromatic rings. The molecule has 0 atom stereocenters. The Labute approximate surface area is 124 Å². The van der Waals surface area contributed by atoms with E-state index in [0.717, 1.165) is 12.8 Å². The van der Waals surface area contributed by atoms with Crippen LogP contribution in [0.2, 0.25) is 5.02 Å². The van der Waals surface area contributed by atoms with Crippen LogP contribution in [0.5, 0.6) is 0 Å². The first-order valence-corrected chi connectivity index (χ1v) is 7.47. The van der Waals surface area contributed by atoms with Gasteiger partial charge in [-0.2, -0.15) is 0 Å². The summed E-state index contributed by atoms with van der Waals surface area (Å²) in [5, 5.41) is 3.61. The molecule has 1 N–H and O–H groups in total. The summed E-state index contributed by atoms with van der Waals surface area (Å²) in [4.78, 5) is 12.2. The first kappa shape index (κ1) is 14.8. The number of benzene rings is 1. The van der Waals surface area contributed by atoms with Crippen molar-refractivity contribution >= 4 is 33.4 Å². The predicted molar refractivity (Wildman–Crippen MR) is 75.5 cm³/mol. The molecular formula is C13H14BrClFNO2. The lowest BCUT2D eigenvalue weighted by atomic mass is 9.92. The van der Waals surface area contributed by atoms with Gasteiger partial charge in [-0.05, 0) is 31.0 Å². The van der Waals surface area contributed by atoms with E-state index in [1.54, 1.807) is 0 Å². The van der Waals surface area contributed by atoms with Gasteiger partial charge < -0.3 is 10.1 Å². The SMILES string of the molecule is O=C(NC1(CBr)CCOCC1)c1ccc(F)c(Cl)c1. The van der Waals surface area contributed by atoms with Gasteiger partial charge in [0.05, 0.1) is 10.6 Å². The average Bonchev–Trinajstić information content (AvgIpc) is 2.43. The highest BCUT2D eigenvalue weighted by Gasteiger charge is 2.33. The molecule has 0 bridgehead atoms. The van der Waals surface area contributed by atoms with Crippen molar-refractivity contribution in [2.45, 2.75) is 18.4 Å². The molecule has 6 heteroatoms. The van der Waals surface area contributed by atoms with Crippen molar-refractivity contribution in [3.8, 4) is 0 Å². The summed E-state index contributed by atoms with van der Waals surface area (Å²) >= 11 is 9.12. The summed E-state index contributed by atoms with van der Waals surface area (Å²) in [7, 11) is 0. The number of nitrogens with one attached hydrogen (secondary N) is 1. The zero-order chi connectivity index (χ0) is 13.9. The van der Waals surface area contributed by atoms with Gasteiger partial charge in [0.1, 0.15) is 5.82 Å². The molecule has 19 heavy (non-hydrogen) atoms. The maximum absolute atomic E-state index is 13.1. The molecule has 2 rings (SSSR count). The van der Waals surface area contributed by atoms with Crippen LogP contribution >= 0.6 is 27.5 Å². The third kappa shape index (κ3) is 3.46. The average molecular weight is 351 g/mol. The van der Waals surface area contributed by atoms with E-state index in [9.17, 15) is 9.18 Å². The number of hydrogen-bond donors (Lipinski definition) is 1. The zero-order valence-corrected chi connectivity index (χ0v) is 12.6. The van der Waals surface area contributed by atoms with Crippen molar-refractivity contribution in [3.63, 3.8) is 0 Å². The third-order valence-electron chi connectivity index (χ3n) is 3.27. The molecule has 1 aromatic carbocycles. The second kappa shape index (κ2) is 6.20. The van der Waals surface area contributed by atoms with Crippen molar-refractivity contribution in [3.05, 3.63) is 34.6 Å². The molecule has 0 radical (unpaired) electrons. The van der Waals surface area contributed by atoms with E-state index in [-0.39, 0.29) is 16.5 Å². The first-order valence-electron chi connectivity index (χ1n) is 5.98. The van der Waals surface area contributed by atoms with Crippen LogP contribution in [0.25, 0.3) is 0 Å². The van der Waals surface area contributed by atoms with E-state index < -0.39 is 5.82 Å². The third-order valence-corrected chi connectivity index (χ3v) is 4.63. The van der Waals surface area contributed by atoms with Gasteiger partial charge in [-0.15, -0.1) is 0 Å². The van der Waals surface area contributed by atoms with E-state index >= 15 is 0 Å². The number of hydrogen-bond acceptors (Lipinski definition) is 2. The van der Waals surface area contributed by atoms with E-state index in [4.69, 9.17) is 16.3 Å². The fraction of sp³-hybridized carbons (Fsp3) is 0.462. The molecule has 3 nitrogen and oxygen atoms in total. The Bertz CT molecular complexity index is 478. The van der Waals surface area contributed by atoms with Crippen molar-refractivity contribution in [2.75, 3.05) is 18.5 Å². The smallest absolute Gasteiger partial charge is 0.251 e. The van der Waals surface area contributed by atoms with E-state index in [0.29, 0.717) is 24.1 Å². The maximum atomic E-state index is 13.1. The van der Waals surface area contributed by atoms with Crippen molar-refractivity contribution in [2.24, 2.45) is 0 Å². The van der Waals surface area contributed by atoms with Crippen LogP contribution in [-0.4, -0.2) is 30.0 Å². The number of carbonyl (C=O) groups excluding carboxylic acids is 1. The van der Waals surface area contributed by atoms with Crippen molar-refractivity contribution < 1.29 is 13.9 Å². The highest BCUT2D eigenvalue weighted by molar-refractivity contribution is 9.09. The monoisotopic (exact) mass is 349 g/mol. The molecule has 1 saturated heterocycles. The highest BCUT2D eigenvalue weighted by atomic mass is 79.9. The highest BCUT2D eigenvalue weighted by Crippen LogP contribution is 2.24. The molecule has 0 aromatic heterocycles. The summed E-state index contributed by atoms with van der Waals surface area (Å²) in [5.41, 5.74) is 0.0501. The van der Waals surface area contributed by atoms with Gasteiger partial charge in [0, 0.05) is 24.1 Å². The van der Waals surface area contributed by atoms with E-state index in [1.807, 2.05) is 0 Å². The minimum atomic E-state index is -0.528. The Morgan fingerprint density at radius 2 is 2.16 bits per heavy atom. The second-order valence-corrected chi connectivity index (χ2v) is 5.58. The van der Waals surface area contributed by atoms with Crippen LogP contribution < -0.4 is 5.32 Å². The molecule has 1 aliphatic heterocycles. The molecule has 1 amide bonds. The summed E-state index contributed by atoms with van der Waals surface area (Å²) in [6.45, 7) is 1.24. The van der Waals surface area contributed by atoms with Crippen LogP contribution in [0.15, 0.2) is 18.2 Å². The molecule has 1 aliphatic rings. The lowest BCUT2D eigenvalue weighted by Gasteiger charge is -2.36. The zero-order valence-electron chi connectivity index (χ0n) is 10.2. The predicted octanol–water partition coefficient (Wildman–Crippen LogP) is 3.15. The number of amides is 1. The molecule has 0 aliphatic carbocycles. The number of carbonyl (C=O) groups is 1. The van der Waals surface area contributed by atoms with Gasteiger partial charge in [-0.3, -0.25) is 4.79 Å². The standard InChI is InChI=1S/C13H14BrClFNO2/c14-8-13(3-5-19-6-4-13)17-12(18)9-1-2-11(16)10(15)7-9/h1-2,7H,3-6,8H2,(H,17,18). The molecule has 0 saturated carbocycles. The van der Waals surface area contributed by atoms with E-state index in [1.165, 1.54) is 18.2 Å². The van der Waals surface area contributed by atoms with Crippen molar-refractivity contribution in [1.29, 1.82) is 0 Å². The van der Waals surface area contributed by atoms with Gasteiger partial charge in [-0.1, -0.05) is 27.5 Å². The minimum absolute atomic E-state index is 0.0486. The van der Waals surface area contributed by atoms with Crippen LogP contribution in [0.3, 0.4) is 0 Å². The molecular weight excluding hydrogens is 337 g/mol. The normalized spacial score (nSPS) is 18.1. The Morgan fingerprint density at radius 3 is 2.74 bits per heavy atom. The van der Waals surface area contributed by atoms with Gasteiger partial charge in [0.25, 0.3) is 5.91 Å². The van der Waals surface area contributed by atoms with Gasteiger partial charge in [0.15, 0.2) is 0 Å². The molecule has 104 valence electrons. The van der Waals surface area contributed by atoms with Gasteiger partial charge >= 0.3 is 0 Å². The Balaban J connectivity index is 2.12. The van der Waals surface area contributed by atoms with Crippen molar-refractivity contribution in [1.82, 2.24) is 5.32 Å². The largest absolute Gasteiger partial charge is 0.381 e. The summed E-state index contributed by atoms with van der Waals surface area (Å²) in [5.74, 6) is -0.775. The lowest BCUT2D eigenvalue weighted by molar-refractivity contribution is 0.0442. The van der Waals surface area contributed by atoms with E-state index in [2.05, 4.69) is 21.2 Å². The molecule has 1 fully saturated rings. The first-order chi connectivity index (χ1) is 9.06. The molecule has 1 heterocycles. The topological polar surface area (TPSA) is 38.3 Å². The quantitative estimate of drug-likeness (QED) is 0.851. The van der Waals surface area contributed by atoms with Crippen LogP contribution in [0, 0.1) is 5.82 Å². The molecule has 0 spiro atoms.